The number of piperidine rings is 1. The van der Waals surface area contributed by atoms with Crippen molar-refractivity contribution in [3.8, 4) is 0 Å². The van der Waals surface area contributed by atoms with E-state index in [0.29, 0.717) is 13.1 Å². The molecule has 2 rings (SSSR count). The van der Waals surface area contributed by atoms with Crippen molar-refractivity contribution >= 4 is 39.7 Å². The standard InChI is InChI=1S/C14H23N3O3S2.ClH/c1-10(16-22(19,20)12-5-4-8-21-12)13(18)17-7-6-11(15)14(2,3)9-17;/h4-5,8,10-11,16H,6-7,9,15H2,1-3H3;1H. The van der Waals surface area contributed by atoms with Gasteiger partial charge in [-0.15, -0.1) is 23.7 Å². The van der Waals surface area contributed by atoms with Crippen molar-refractivity contribution in [2.24, 2.45) is 11.1 Å². The van der Waals surface area contributed by atoms with Gasteiger partial charge in [-0.05, 0) is 30.2 Å². The van der Waals surface area contributed by atoms with Gasteiger partial charge in [-0.2, -0.15) is 4.72 Å². The molecule has 1 aromatic heterocycles. The number of halogens is 1. The average Bonchev–Trinajstić information content (AvgIpc) is 2.95. The van der Waals surface area contributed by atoms with Gasteiger partial charge in [0.2, 0.25) is 5.91 Å². The number of sulfonamides is 1. The summed E-state index contributed by atoms with van der Waals surface area (Å²) in [5.74, 6) is -0.208. The lowest BCUT2D eigenvalue weighted by molar-refractivity contribution is -0.136. The quantitative estimate of drug-likeness (QED) is 0.824. The van der Waals surface area contributed by atoms with E-state index in [4.69, 9.17) is 5.73 Å². The van der Waals surface area contributed by atoms with E-state index in [1.807, 2.05) is 13.8 Å². The van der Waals surface area contributed by atoms with Gasteiger partial charge in [-0.25, -0.2) is 8.42 Å². The summed E-state index contributed by atoms with van der Waals surface area (Å²) in [5.41, 5.74) is 5.90. The lowest BCUT2D eigenvalue weighted by atomic mass is 9.79. The van der Waals surface area contributed by atoms with E-state index in [2.05, 4.69) is 4.72 Å². The molecule has 2 unspecified atom stereocenters. The highest BCUT2D eigenvalue weighted by Gasteiger charge is 2.37. The summed E-state index contributed by atoms with van der Waals surface area (Å²) in [7, 11) is -3.64. The van der Waals surface area contributed by atoms with Crippen LogP contribution in [0.1, 0.15) is 27.2 Å². The molecule has 1 amide bonds. The number of hydrogen-bond donors (Lipinski definition) is 2. The van der Waals surface area contributed by atoms with Crippen LogP contribution in [-0.4, -0.2) is 44.4 Å². The second kappa shape index (κ2) is 7.48. The number of nitrogens with zero attached hydrogens (tertiary/aromatic N) is 1. The Labute approximate surface area is 147 Å². The number of carbonyl (C=O) groups excluding carboxylic acids is 1. The minimum Gasteiger partial charge on any atom is -0.341 e. The fourth-order valence-corrected chi connectivity index (χ4v) is 4.80. The van der Waals surface area contributed by atoms with E-state index in [-0.39, 0.29) is 34.0 Å². The molecule has 1 aliphatic rings. The highest BCUT2D eigenvalue weighted by Crippen LogP contribution is 2.28. The van der Waals surface area contributed by atoms with E-state index in [0.717, 1.165) is 17.8 Å². The third kappa shape index (κ3) is 4.67. The van der Waals surface area contributed by atoms with Crippen LogP contribution in [0.15, 0.2) is 21.7 Å². The van der Waals surface area contributed by atoms with Gasteiger partial charge in [0.25, 0.3) is 10.0 Å². The van der Waals surface area contributed by atoms with E-state index >= 15 is 0 Å². The Hall–Kier alpha value is -0.670. The van der Waals surface area contributed by atoms with Crippen molar-refractivity contribution in [1.29, 1.82) is 0 Å². The van der Waals surface area contributed by atoms with Crippen molar-refractivity contribution in [3.63, 3.8) is 0 Å². The van der Waals surface area contributed by atoms with Crippen LogP contribution in [0.4, 0.5) is 0 Å². The molecule has 1 aromatic rings. The zero-order valence-corrected chi connectivity index (χ0v) is 15.9. The summed E-state index contributed by atoms with van der Waals surface area (Å²) in [5, 5.41) is 1.69. The third-order valence-electron chi connectivity index (χ3n) is 4.09. The molecule has 6 nitrogen and oxygen atoms in total. The van der Waals surface area contributed by atoms with Gasteiger partial charge in [0.15, 0.2) is 0 Å². The van der Waals surface area contributed by atoms with Gasteiger partial charge in [0, 0.05) is 19.1 Å². The molecule has 0 spiro atoms. The molecule has 3 N–H and O–H groups in total. The van der Waals surface area contributed by atoms with Gasteiger partial charge in [-0.1, -0.05) is 19.9 Å². The minimum absolute atomic E-state index is 0. The molecule has 1 fully saturated rings. The second-order valence-electron chi connectivity index (χ2n) is 6.42. The number of carbonyl (C=O) groups is 1. The smallest absolute Gasteiger partial charge is 0.250 e. The van der Waals surface area contributed by atoms with Crippen LogP contribution in [0.2, 0.25) is 0 Å². The van der Waals surface area contributed by atoms with Crippen LogP contribution in [0.3, 0.4) is 0 Å². The Kier molecular flexibility index (Phi) is 6.63. The van der Waals surface area contributed by atoms with Crippen molar-refractivity contribution in [2.45, 2.75) is 43.5 Å². The van der Waals surface area contributed by atoms with Gasteiger partial charge < -0.3 is 10.6 Å². The largest absolute Gasteiger partial charge is 0.341 e. The summed E-state index contributed by atoms with van der Waals surface area (Å²) in [6.45, 7) is 6.73. The van der Waals surface area contributed by atoms with Gasteiger partial charge in [0.05, 0.1) is 6.04 Å². The second-order valence-corrected chi connectivity index (χ2v) is 9.31. The summed E-state index contributed by atoms with van der Waals surface area (Å²) >= 11 is 1.13. The molecule has 0 aliphatic carbocycles. The topological polar surface area (TPSA) is 92.5 Å². The maximum Gasteiger partial charge on any atom is 0.250 e. The third-order valence-corrected chi connectivity index (χ3v) is 7.02. The molecule has 23 heavy (non-hydrogen) atoms. The molecular weight excluding hydrogens is 358 g/mol. The van der Waals surface area contributed by atoms with Crippen molar-refractivity contribution < 1.29 is 13.2 Å². The van der Waals surface area contributed by atoms with Crippen LogP contribution in [0, 0.1) is 5.41 Å². The number of rotatable bonds is 4. The lowest BCUT2D eigenvalue weighted by Crippen LogP contribution is -2.57. The Morgan fingerprint density at radius 3 is 2.70 bits per heavy atom. The van der Waals surface area contributed by atoms with Crippen LogP contribution in [-0.2, 0) is 14.8 Å². The summed E-state index contributed by atoms with van der Waals surface area (Å²) < 4.78 is 27.0. The fraction of sp³-hybridized carbons (Fsp3) is 0.643. The predicted octanol–water partition coefficient (Wildman–Crippen LogP) is 1.42. The fourth-order valence-electron chi connectivity index (χ4n) is 2.59. The van der Waals surface area contributed by atoms with Gasteiger partial charge in [-0.3, -0.25) is 4.79 Å². The van der Waals surface area contributed by atoms with Crippen LogP contribution >= 0.6 is 23.7 Å². The van der Waals surface area contributed by atoms with Gasteiger partial charge in [0.1, 0.15) is 4.21 Å². The molecular formula is C14H24ClN3O3S2. The normalized spacial score (nSPS) is 22.3. The first kappa shape index (κ1) is 20.4. The monoisotopic (exact) mass is 381 g/mol. The maximum absolute atomic E-state index is 12.5. The van der Waals surface area contributed by atoms with Gasteiger partial charge >= 0.3 is 0 Å². The van der Waals surface area contributed by atoms with E-state index in [1.165, 1.54) is 6.07 Å². The SMILES string of the molecule is CC(NS(=O)(=O)c1cccs1)C(=O)N1CCC(N)C(C)(C)C1.Cl. The first-order valence-corrected chi connectivity index (χ1v) is 9.60. The molecule has 0 aromatic carbocycles. The Morgan fingerprint density at radius 1 is 1.52 bits per heavy atom. The highest BCUT2D eigenvalue weighted by molar-refractivity contribution is 7.91. The number of thiophene rings is 1. The first-order chi connectivity index (χ1) is 10.1. The molecule has 0 radical (unpaired) electrons. The van der Waals surface area contributed by atoms with E-state index in [9.17, 15) is 13.2 Å². The Balaban J connectivity index is 0.00000264. The molecule has 0 saturated carbocycles. The minimum atomic E-state index is -3.64. The van der Waals surface area contributed by atoms with Crippen molar-refractivity contribution in [3.05, 3.63) is 17.5 Å². The van der Waals surface area contributed by atoms with Crippen LogP contribution < -0.4 is 10.5 Å². The summed E-state index contributed by atoms with van der Waals surface area (Å²) in [6.07, 6.45) is 0.725. The number of amides is 1. The first-order valence-electron chi connectivity index (χ1n) is 7.24. The van der Waals surface area contributed by atoms with Crippen LogP contribution in [0.5, 0.6) is 0 Å². The maximum atomic E-state index is 12.5. The predicted molar refractivity (Wildman–Crippen MR) is 94.3 cm³/mol. The summed E-state index contributed by atoms with van der Waals surface area (Å²) in [4.78, 5) is 14.2. The van der Waals surface area contributed by atoms with Crippen molar-refractivity contribution in [2.75, 3.05) is 13.1 Å². The molecule has 0 bridgehead atoms. The Bertz CT molecular complexity index is 632. The molecule has 1 aliphatic heterocycles. The molecule has 2 atom stereocenters. The number of hydrogen-bond acceptors (Lipinski definition) is 5. The molecule has 9 heteroatoms. The molecule has 1 saturated heterocycles. The van der Waals surface area contributed by atoms with E-state index in [1.54, 1.807) is 23.3 Å². The number of nitrogens with one attached hydrogen (secondary N) is 1. The zero-order chi connectivity index (χ0) is 16.5. The average molecular weight is 382 g/mol. The summed E-state index contributed by atoms with van der Waals surface area (Å²) in [6, 6.07) is 2.44. The molecule has 132 valence electrons. The van der Waals surface area contributed by atoms with Crippen molar-refractivity contribution in [1.82, 2.24) is 9.62 Å². The van der Waals surface area contributed by atoms with Crippen LogP contribution in [0.25, 0.3) is 0 Å². The molecule has 2 heterocycles. The highest BCUT2D eigenvalue weighted by atomic mass is 35.5. The number of nitrogens with two attached hydrogens (primary N) is 1. The lowest BCUT2D eigenvalue weighted by Gasteiger charge is -2.43. The zero-order valence-electron chi connectivity index (χ0n) is 13.5. The van der Waals surface area contributed by atoms with E-state index < -0.39 is 16.1 Å². The Morgan fingerprint density at radius 2 is 2.17 bits per heavy atom. The number of likely N-dealkylation sites (tertiary alicyclic amines) is 1.